The van der Waals surface area contributed by atoms with E-state index in [1.807, 2.05) is 0 Å². The van der Waals surface area contributed by atoms with E-state index in [2.05, 4.69) is 10.2 Å². The van der Waals surface area contributed by atoms with E-state index in [1.165, 1.54) is 4.31 Å². The molecule has 1 saturated carbocycles. The van der Waals surface area contributed by atoms with Crippen LogP contribution in [0.2, 0.25) is 0 Å². The second-order valence-electron chi connectivity index (χ2n) is 5.39. The van der Waals surface area contributed by atoms with Crippen molar-refractivity contribution >= 4 is 15.9 Å². The van der Waals surface area contributed by atoms with Crippen LogP contribution in [-0.2, 0) is 19.6 Å². The minimum absolute atomic E-state index is 0.0837. The third kappa shape index (κ3) is 5.35. The smallest absolute Gasteiger partial charge is 0.235 e. The maximum atomic E-state index is 11.8. The highest BCUT2D eigenvalue weighted by Crippen LogP contribution is 2.18. The second kappa shape index (κ2) is 6.84. The highest BCUT2D eigenvalue weighted by molar-refractivity contribution is 7.88. The molecule has 0 unspecified atom stereocenters. The Morgan fingerprint density at radius 3 is 2.55 bits per heavy atom. The Labute approximate surface area is 120 Å². The van der Waals surface area contributed by atoms with E-state index >= 15 is 0 Å². The lowest BCUT2D eigenvalue weighted by Gasteiger charge is -2.29. The number of morpholine rings is 1. The number of nitrogens with zero attached hydrogens (tertiary/aromatic N) is 2. The van der Waals surface area contributed by atoms with E-state index in [9.17, 15) is 13.2 Å². The molecule has 2 rings (SSSR count). The second-order valence-corrected chi connectivity index (χ2v) is 7.37. The zero-order valence-electron chi connectivity index (χ0n) is 11.9. The molecule has 1 aliphatic carbocycles. The molecule has 0 aromatic rings. The fraction of sp³-hybridized carbons (Fsp3) is 0.917. The Kier molecular flexibility index (Phi) is 5.36. The fourth-order valence-electron chi connectivity index (χ4n) is 2.10. The lowest BCUT2D eigenvalue weighted by molar-refractivity contribution is -0.121. The van der Waals surface area contributed by atoms with Gasteiger partial charge in [0.2, 0.25) is 15.9 Å². The molecule has 1 heterocycles. The number of rotatable bonds is 7. The summed E-state index contributed by atoms with van der Waals surface area (Å²) < 4.78 is 30.0. The Balaban J connectivity index is 1.81. The molecule has 1 amide bonds. The van der Waals surface area contributed by atoms with Gasteiger partial charge < -0.3 is 10.1 Å². The van der Waals surface area contributed by atoms with Gasteiger partial charge in [-0.15, -0.1) is 0 Å². The van der Waals surface area contributed by atoms with Crippen molar-refractivity contribution in [1.82, 2.24) is 14.5 Å². The van der Waals surface area contributed by atoms with Crippen molar-refractivity contribution in [1.29, 1.82) is 0 Å². The van der Waals surface area contributed by atoms with Crippen molar-refractivity contribution in [2.75, 3.05) is 52.2 Å². The molecule has 0 aromatic carbocycles. The summed E-state index contributed by atoms with van der Waals surface area (Å²) in [7, 11) is -3.36. The van der Waals surface area contributed by atoms with Gasteiger partial charge in [0.1, 0.15) is 0 Å². The lowest BCUT2D eigenvalue weighted by atomic mass is 10.4. The van der Waals surface area contributed by atoms with Gasteiger partial charge in [-0.25, -0.2) is 8.42 Å². The summed E-state index contributed by atoms with van der Waals surface area (Å²) in [5.74, 6) is -0.208. The molecular weight excluding hydrogens is 282 g/mol. The first-order valence-electron chi connectivity index (χ1n) is 7.00. The van der Waals surface area contributed by atoms with Gasteiger partial charge in [-0.2, -0.15) is 4.31 Å². The first-order valence-corrected chi connectivity index (χ1v) is 8.84. The standard InChI is InChI=1S/C12H23N3O4S/c1-20(17,18)15(10-12(16)13-11-2-3-11)5-4-14-6-8-19-9-7-14/h11H,2-10H2,1H3,(H,13,16). The van der Waals surface area contributed by atoms with Crippen molar-refractivity contribution in [3.63, 3.8) is 0 Å². The van der Waals surface area contributed by atoms with Crippen molar-refractivity contribution in [3.8, 4) is 0 Å². The summed E-state index contributed by atoms with van der Waals surface area (Å²) in [5, 5.41) is 2.82. The SMILES string of the molecule is CS(=O)(=O)N(CCN1CCOCC1)CC(=O)NC1CC1. The Bertz CT molecular complexity index is 430. The van der Waals surface area contributed by atoms with Crippen molar-refractivity contribution in [2.45, 2.75) is 18.9 Å². The van der Waals surface area contributed by atoms with E-state index in [0.717, 1.165) is 32.2 Å². The van der Waals surface area contributed by atoms with Gasteiger partial charge in [-0.05, 0) is 12.8 Å². The van der Waals surface area contributed by atoms with Crippen molar-refractivity contribution in [3.05, 3.63) is 0 Å². The monoisotopic (exact) mass is 305 g/mol. The summed E-state index contributed by atoms with van der Waals surface area (Å²) in [5.41, 5.74) is 0. The molecule has 0 aromatic heterocycles. The zero-order chi connectivity index (χ0) is 14.6. The quantitative estimate of drug-likeness (QED) is 0.643. The third-order valence-corrected chi connectivity index (χ3v) is 4.75. The molecular formula is C12H23N3O4S. The number of sulfonamides is 1. The Morgan fingerprint density at radius 2 is 2.00 bits per heavy atom. The Morgan fingerprint density at radius 1 is 1.35 bits per heavy atom. The predicted octanol–water partition coefficient (Wildman–Crippen LogP) is -1.14. The van der Waals surface area contributed by atoms with E-state index < -0.39 is 10.0 Å². The van der Waals surface area contributed by atoms with E-state index in [-0.39, 0.29) is 18.5 Å². The average Bonchev–Trinajstić information content (AvgIpc) is 3.18. The molecule has 0 radical (unpaired) electrons. The summed E-state index contributed by atoms with van der Waals surface area (Å²) >= 11 is 0. The first kappa shape index (κ1) is 15.7. The van der Waals surface area contributed by atoms with Crippen LogP contribution in [0.15, 0.2) is 0 Å². The molecule has 1 aliphatic heterocycles. The zero-order valence-corrected chi connectivity index (χ0v) is 12.7. The minimum atomic E-state index is -3.36. The highest BCUT2D eigenvalue weighted by Gasteiger charge is 2.26. The Hall–Kier alpha value is -0.700. The molecule has 0 bridgehead atoms. The van der Waals surface area contributed by atoms with Crippen LogP contribution in [0.4, 0.5) is 0 Å². The average molecular weight is 305 g/mol. The maximum absolute atomic E-state index is 11.8. The molecule has 2 fully saturated rings. The number of carbonyl (C=O) groups excluding carboxylic acids is 1. The fourth-order valence-corrected chi connectivity index (χ4v) is 2.87. The van der Waals surface area contributed by atoms with E-state index in [0.29, 0.717) is 26.3 Å². The van der Waals surface area contributed by atoms with Crippen LogP contribution in [0.5, 0.6) is 0 Å². The van der Waals surface area contributed by atoms with Gasteiger partial charge in [0.05, 0.1) is 26.0 Å². The van der Waals surface area contributed by atoms with Crippen LogP contribution < -0.4 is 5.32 Å². The van der Waals surface area contributed by atoms with E-state index in [4.69, 9.17) is 4.74 Å². The van der Waals surface area contributed by atoms with Gasteiger partial charge in [0.25, 0.3) is 0 Å². The van der Waals surface area contributed by atoms with E-state index in [1.54, 1.807) is 0 Å². The number of carbonyl (C=O) groups is 1. The predicted molar refractivity (Wildman–Crippen MR) is 74.8 cm³/mol. The molecule has 2 aliphatic rings. The molecule has 7 nitrogen and oxygen atoms in total. The van der Waals surface area contributed by atoms with Crippen LogP contribution >= 0.6 is 0 Å². The summed E-state index contributed by atoms with van der Waals surface area (Å²) in [6, 6.07) is 0.253. The minimum Gasteiger partial charge on any atom is -0.379 e. The number of nitrogens with one attached hydrogen (secondary N) is 1. The summed E-state index contributed by atoms with van der Waals surface area (Å²) in [6.07, 6.45) is 3.15. The largest absolute Gasteiger partial charge is 0.379 e. The van der Waals surface area contributed by atoms with Gasteiger partial charge in [-0.3, -0.25) is 9.69 Å². The molecule has 1 N–H and O–H groups in total. The number of ether oxygens (including phenoxy) is 1. The third-order valence-electron chi connectivity index (χ3n) is 3.50. The van der Waals surface area contributed by atoms with Gasteiger partial charge in [0, 0.05) is 32.2 Å². The summed E-state index contributed by atoms with van der Waals surface area (Å²) in [4.78, 5) is 13.9. The van der Waals surface area contributed by atoms with Crippen LogP contribution in [0, 0.1) is 0 Å². The topological polar surface area (TPSA) is 79.0 Å². The molecule has 20 heavy (non-hydrogen) atoms. The highest BCUT2D eigenvalue weighted by atomic mass is 32.2. The molecule has 0 atom stereocenters. The van der Waals surface area contributed by atoms with Gasteiger partial charge >= 0.3 is 0 Å². The molecule has 0 spiro atoms. The lowest BCUT2D eigenvalue weighted by Crippen LogP contribution is -2.46. The van der Waals surface area contributed by atoms with Crippen molar-refractivity contribution < 1.29 is 17.9 Å². The van der Waals surface area contributed by atoms with Crippen molar-refractivity contribution in [2.24, 2.45) is 0 Å². The molecule has 8 heteroatoms. The number of hydrogen-bond acceptors (Lipinski definition) is 5. The number of hydrogen-bond donors (Lipinski definition) is 1. The molecule has 1 saturated heterocycles. The normalized spacial score (nSPS) is 21.1. The van der Waals surface area contributed by atoms with Gasteiger partial charge in [-0.1, -0.05) is 0 Å². The first-order chi connectivity index (χ1) is 9.45. The van der Waals surface area contributed by atoms with Crippen LogP contribution in [0.1, 0.15) is 12.8 Å². The number of amides is 1. The summed E-state index contributed by atoms with van der Waals surface area (Å²) in [6.45, 7) is 3.88. The van der Waals surface area contributed by atoms with Crippen LogP contribution in [0.25, 0.3) is 0 Å². The molecule has 116 valence electrons. The van der Waals surface area contributed by atoms with Crippen LogP contribution in [-0.4, -0.2) is 81.8 Å². The van der Waals surface area contributed by atoms with Crippen LogP contribution in [0.3, 0.4) is 0 Å². The van der Waals surface area contributed by atoms with Gasteiger partial charge in [0.15, 0.2) is 0 Å². The maximum Gasteiger partial charge on any atom is 0.235 e.